The summed E-state index contributed by atoms with van der Waals surface area (Å²) >= 11 is 0. The summed E-state index contributed by atoms with van der Waals surface area (Å²) in [5.74, 6) is -1.62. The van der Waals surface area contributed by atoms with E-state index in [-0.39, 0.29) is 24.0 Å². The monoisotopic (exact) mass is 518 g/mol. The molecule has 2 heterocycles. The van der Waals surface area contributed by atoms with Crippen LogP contribution in [-0.4, -0.2) is 57.0 Å². The summed E-state index contributed by atoms with van der Waals surface area (Å²) in [6, 6.07) is 25.9. The molecule has 0 saturated carbocycles. The first-order valence-corrected chi connectivity index (χ1v) is 13.4. The van der Waals surface area contributed by atoms with Gasteiger partial charge in [-0.15, -0.1) is 0 Å². The second-order valence-corrected chi connectivity index (χ2v) is 10.1. The lowest BCUT2D eigenvalue weighted by Crippen LogP contribution is -2.45. The van der Waals surface area contributed by atoms with Crippen LogP contribution in [0.15, 0.2) is 78.9 Å². The number of ether oxygens (including phenoxy) is 1. The van der Waals surface area contributed by atoms with Crippen molar-refractivity contribution in [3.63, 3.8) is 0 Å². The Hall–Kier alpha value is -3.39. The quantitative estimate of drug-likeness (QED) is 0.315. The lowest BCUT2D eigenvalue weighted by atomic mass is 9.97. The predicted molar refractivity (Wildman–Crippen MR) is 147 cm³/mol. The van der Waals surface area contributed by atoms with Crippen LogP contribution in [0.1, 0.15) is 55.4 Å². The summed E-state index contributed by atoms with van der Waals surface area (Å²) in [7, 11) is 0. The average molecular weight is 519 g/mol. The van der Waals surface area contributed by atoms with Crippen molar-refractivity contribution in [1.82, 2.24) is 4.90 Å². The summed E-state index contributed by atoms with van der Waals surface area (Å²) in [5.41, 5.74) is 8.37. The van der Waals surface area contributed by atoms with Crippen molar-refractivity contribution in [2.45, 2.75) is 69.4 Å². The molecule has 38 heavy (non-hydrogen) atoms. The molecule has 0 radical (unpaired) electrons. The van der Waals surface area contributed by atoms with Crippen LogP contribution in [0.2, 0.25) is 0 Å². The molecule has 0 spiro atoms. The van der Waals surface area contributed by atoms with Crippen molar-refractivity contribution in [3.05, 3.63) is 95.6 Å². The largest absolute Gasteiger partial charge is 0.504 e. The fourth-order valence-corrected chi connectivity index (χ4v) is 5.69. The highest BCUT2D eigenvalue weighted by Crippen LogP contribution is 2.39. The highest BCUT2D eigenvalue weighted by atomic mass is 16.5. The number of aliphatic carboxylic acids is 1. The number of rotatable bonds is 8. The number of piperidine rings is 1. The van der Waals surface area contributed by atoms with E-state index in [0.717, 1.165) is 12.1 Å². The normalized spacial score (nSPS) is 21.5. The Morgan fingerprint density at radius 3 is 1.95 bits per heavy atom. The molecule has 7 heteroatoms. The molecule has 2 bridgehead atoms. The number of phenols is 2. The van der Waals surface area contributed by atoms with Crippen LogP contribution in [-0.2, 0) is 16.0 Å². The highest BCUT2D eigenvalue weighted by molar-refractivity contribution is 5.73. The zero-order valence-corrected chi connectivity index (χ0v) is 21.8. The van der Waals surface area contributed by atoms with E-state index in [9.17, 15) is 4.79 Å². The maximum Gasteiger partial charge on any atom is 0.320 e. The summed E-state index contributed by atoms with van der Waals surface area (Å²) in [6.45, 7) is 3.48. The topological polar surface area (TPSA) is 116 Å². The van der Waals surface area contributed by atoms with E-state index >= 15 is 0 Å². The van der Waals surface area contributed by atoms with Crippen LogP contribution in [0, 0.1) is 0 Å². The van der Waals surface area contributed by atoms with Crippen LogP contribution in [0.25, 0.3) is 0 Å². The Balaban J connectivity index is 0.000000206. The zero-order chi connectivity index (χ0) is 27.1. The molecule has 0 unspecified atom stereocenters. The van der Waals surface area contributed by atoms with Gasteiger partial charge >= 0.3 is 5.97 Å². The highest BCUT2D eigenvalue weighted by Gasteiger charge is 2.41. The zero-order valence-electron chi connectivity index (χ0n) is 21.8. The fourth-order valence-electron chi connectivity index (χ4n) is 5.69. The summed E-state index contributed by atoms with van der Waals surface area (Å²) in [4.78, 5) is 13.1. The first-order valence-electron chi connectivity index (χ1n) is 13.4. The number of nitrogens with two attached hydrogens (primary N) is 1. The predicted octanol–water partition coefficient (Wildman–Crippen LogP) is 4.86. The molecule has 4 atom stereocenters. The number of carboxylic acids is 1. The van der Waals surface area contributed by atoms with E-state index in [1.54, 1.807) is 0 Å². The van der Waals surface area contributed by atoms with Gasteiger partial charge in [0.05, 0.1) is 6.10 Å². The molecule has 5 rings (SSSR count). The Bertz CT molecular complexity index is 1120. The molecule has 2 aliphatic rings. The number of hydrogen-bond acceptors (Lipinski definition) is 6. The van der Waals surface area contributed by atoms with Crippen molar-refractivity contribution >= 4 is 5.97 Å². The maximum absolute atomic E-state index is 10.4. The third-order valence-corrected chi connectivity index (χ3v) is 7.55. The number of carbonyl (C=O) groups is 1. The van der Waals surface area contributed by atoms with Crippen LogP contribution < -0.4 is 5.73 Å². The van der Waals surface area contributed by atoms with Gasteiger partial charge in [-0.2, -0.15) is 0 Å². The average Bonchev–Trinajstić information content (AvgIpc) is 3.18. The third-order valence-electron chi connectivity index (χ3n) is 7.55. The minimum Gasteiger partial charge on any atom is -0.504 e. The van der Waals surface area contributed by atoms with E-state index in [2.05, 4.69) is 72.5 Å². The molecule has 0 aliphatic carbocycles. The number of fused-ring (bicyclic) bond motifs is 2. The summed E-state index contributed by atoms with van der Waals surface area (Å²) < 4.78 is 6.71. The first kappa shape index (κ1) is 27.6. The molecule has 7 nitrogen and oxygen atoms in total. The Kier molecular flexibility index (Phi) is 9.39. The van der Waals surface area contributed by atoms with Crippen LogP contribution >= 0.6 is 0 Å². The standard InChI is InChI=1S/C22H27NO.C9H11NO4/c1-2-23-19-13-14-20(23)16-21(15-19)24-22(17-9-5-3-6-10-17)18-11-7-4-8-12-18;10-6(9(13)14)3-5-1-2-7(11)8(12)4-5/h3-12,19-22H,2,13-16H2,1H3;1-2,4,6,11-12H,3,10H2,(H,13,14)/t19-,20+,21+;6-/m.0/s1. The van der Waals surface area contributed by atoms with Crippen LogP contribution in [0.5, 0.6) is 11.5 Å². The van der Waals surface area contributed by atoms with Gasteiger partial charge in [-0.05, 0) is 67.5 Å². The minimum atomic E-state index is -1.10. The van der Waals surface area contributed by atoms with Gasteiger partial charge in [-0.25, -0.2) is 0 Å². The molecule has 202 valence electrons. The van der Waals surface area contributed by atoms with Gasteiger partial charge in [0.25, 0.3) is 0 Å². The molecule has 2 saturated heterocycles. The Morgan fingerprint density at radius 1 is 0.921 bits per heavy atom. The van der Waals surface area contributed by atoms with E-state index in [1.807, 2.05) is 0 Å². The van der Waals surface area contributed by atoms with E-state index < -0.39 is 12.0 Å². The van der Waals surface area contributed by atoms with Gasteiger partial charge in [0.2, 0.25) is 0 Å². The molecule has 0 aromatic heterocycles. The van der Waals surface area contributed by atoms with E-state index in [0.29, 0.717) is 11.7 Å². The van der Waals surface area contributed by atoms with Gasteiger partial charge in [0, 0.05) is 12.1 Å². The molecule has 0 amide bonds. The van der Waals surface area contributed by atoms with Crippen LogP contribution in [0.4, 0.5) is 0 Å². The van der Waals surface area contributed by atoms with Gasteiger partial charge in [-0.3, -0.25) is 9.69 Å². The van der Waals surface area contributed by atoms with E-state index in [1.165, 1.54) is 61.6 Å². The van der Waals surface area contributed by atoms with Gasteiger partial charge in [-0.1, -0.05) is 73.7 Å². The van der Waals surface area contributed by atoms with Crippen molar-refractivity contribution in [2.75, 3.05) is 6.54 Å². The molecular formula is C31H38N2O5. The number of benzene rings is 3. The summed E-state index contributed by atoms with van der Waals surface area (Å²) in [5, 5.41) is 26.6. The second kappa shape index (κ2) is 12.9. The Morgan fingerprint density at radius 2 is 1.47 bits per heavy atom. The number of hydrogen-bond donors (Lipinski definition) is 4. The van der Waals surface area contributed by atoms with Crippen molar-refractivity contribution < 1.29 is 24.9 Å². The van der Waals surface area contributed by atoms with Crippen molar-refractivity contribution in [2.24, 2.45) is 5.73 Å². The molecular weight excluding hydrogens is 480 g/mol. The van der Waals surface area contributed by atoms with Crippen molar-refractivity contribution in [1.29, 1.82) is 0 Å². The number of phenolic OH excluding ortho intramolecular Hbond substituents is 2. The van der Waals surface area contributed by atoms with Crippen LogP contribution in [0.3, 0.4) is 0 Å². The number of nitrogens with zero attached hydrogens (tertiary/aromatic N) is 1. The fraction of sp³-hybridized carbons (Fsp3) is 0.387. The van der Waals surface area contributed by atoms with E-state index in [4.69, 9.17) is 25.8 Å². The number of aromatic hydroxyl groups is 2. The molecule has 5 N–H and O–H groups in total. The van der Waals surface area contributed by atoms with Gasteiger partial charge < -0.3 is 25.8 Å². The minimum absolute atomic E-state index is 0.0463. The molecule has 2 aliphatic heterocycles. The smallest absolute Gasteiger partial charge is 0.320 e. The van der Waals surface area contributed by atoms with Gasteiger partial charge in [0.1, 0.15) is 12.1 Å². The molecule has 3 aromatic rings. The second-order valence-electron chi connectivity index (χ2n) is 10.1. The Labute approximate surface area is 224 Å². The SMILES string of the molecule is CCN1[C@@H]2CC[C@H]1C[C@@H](OC(c1ccccc1)c1ccccc1)C2.N[C@@H](Cc1ccc(O)c(O)c1)C(=O)O. The molecule has 3 aromatic carbocycles. The lowest BCUT2D eigenvalue weighted by molar-refractivity contribution is -0.138. The molecule has 2 fully saturated rings. The maximum atomic E-state index is 10.4. The third kappa shape index (κ3) is 6.92. The summed E-state index contributed by atoms with van der Waals surface area (Å²) in [6.07, 6.45) is 5.59. The lowest BCUT2D eigenvalue weighted by Gasteiger charge is -2.39. The van der Waals surface area contributed by atoms with Crippen molar-refractivity contribution in [3.8, 4) is 11.5 Å². The first-order chi connectivity index (χ1) is 18.4. The van der Waals surface area contributed by atoms with Gasteiger partial charge in [0.15, 0.2) is 11.5 Å². The number of carboxylic acid groups (broad SMARTS) is 1.